The summed E-state index contributed by atoms with van der Waals surface area (Å²) in [5.41, 5.74) is 7.79. The van der Waals surface area contributed by atoms with Gasteiger partial charge in [0.1, 0.15) is 11.4 Å². The highest BCUT2D eigenvalue weighted by Gasteiger charge is 2.27. The molecule has 0 fully saturated rings. The van der Waals surface area contributed by atoms with Crippen LogP contribution in [0.4, 0.5) is 0 Å². The fourth-order valence-corrected chi connectivity index (χ4v) is 4.45. The lowest BCUT2D eigenvalue weighted by Crippen LogP contribution is -2.28. The maximum Gasteiger partial charge on any atom is 0.128 e. The van der Waals surface area contributed by atoms with Gasteiger partial charge in [-0.05, 0) is 68.0 Å². The summed E-state index contributed by atoms with van der Waals surface area (Å²) in [6.45, 7) is 6.33. The average Bonchev–Trinajstić information content (AvgIpc) is 3.23. The van der Waals surface area contributed by atoms with Crippen molar-refractivity contribution in [1.82, 2.24) is 9.55 Å². The first-order chi connectivity index (χ1) is 14.0. The van der Waals surface area contributed by atoms with Crippen molar-refractivity contribution in [3.8, 4) is 5.75 Å². The molecule has 2 aromatic carbocycles. The molecule has 0 N–H and O–H groups in total. The van der Waals surface area contributed by atoms with Crippen molar-refractivity contribution in [3.63, 3.8) is 0 Å². The van der Waals surface area contributed by atoms with Gasteiger partial charge in [-0.25, -0.2) is 4.98 Å². The van der Waals surface area contributed by atoms with E-state index in [1.807, 2.05) is 12.5 Å². The van der Waals surface area contributed by atoms with Crippen molar-refractivity contribution < 1.29 is 4.74 Å². The van der Waals surface area contributed by atoms with Crippen molar-refractivity contribution in [1.29, 1.82) is 0 Å². The van der Waals surface area contributed by atoms with Crippen molar-refractivity contribution in [2.24, 2.45) is 0 Å². The van der Waals surface area contributed by atoms with Gasteiger partial charge in [-0.2, -0.15) is 0 Å². The highest BCUT2D eigenvalue weighted by atomic mass is 16.5. The number of allylic oxidation sites excluding steroid dienone is 2. The van der Waals surface area contributed by atoms with E-state index in [2.05, 4.69) is 91.1 Å². The first-order valence-electron chi connectivity index (χ1n) is 10.3. The third kappa shape index (κ3) is 3.31. The molecule has 0 bridgehead atoms. The number of aryl methyl sites for hydroxylation is 1. The van der Waals surface area contributed by atoms with Crippen LogP contribution in [0.25, 0.3) is 6.08 Å². The topological polar surface area (TPSA) is 27.1 Å². The Morgan fingerprint density at radius 1 is 1.10 bits per heavy atom. The number of hydrogen-bond donors (Lipinski definition) is 0. The largest absolute Gasteiger partial charge is 0.483 e. The van der Waals surface area contributed by atoms with Crippen molar-refractivity contribution in [2.45, 2.75) is 45.3 Å². The zero-order chi connectivity index (χ0) is 20.0. The number of fused-ring (bicyclic) bond motifs is 3. The number of hydrogen-bond acceptors (Lipinski definition) is 2. The standard InChI is InChI=1S/C26H26N2O/c1-18-4-6-19(7-5-18)25(28-15-14-27-17-28)21-8-10-22-20(16-21)9-11-24-23(22)12-13-26(2,3)29-24/h4-9,11-15,17,25H,10,16H2,1-3H3. The third-order valence-electron chi connectivity index (χ3n) is 5.97. The van der Waals surface area contributed by atoms with Crippen molar-refractivity contribution >= 4 is 6.08 Å². The van der Waals surface area contributed by atoms with E-state index in [0.29, 0.717) is 0 Å². The Hall–Kier alpha value is -3.07. The van der Waals surface area contributed by atoms with Gasteiger partial charge in [0.05, 0.1) is 12.4 Å². The molecule has 1 unspecified atom stereocenters. The summed E-state index contributed by atoms with van der Waals surface area (Å²) in [5.74, 6) is 0.998. The second-order valence-corrected chi connectivity index (χ2v) is 8.64. The van der Waals surface area contributed by atoms with Gasteiger partial charge in [0.2, 0.25) is 0 Å². The van der Waals surface area contributed by atoms with Crippen LogP contribution in [-0.2, 0) is 12.8 Å². The molecule has 29 heavy (non-hydrogen) atoms. The Labute approximate surface area is 172 Å². The maximum atomic E-state index is 6.18. The lowest BCUT2D eigenvalue weighted by molar-refractivity contribution is 0.159. The monoisotopic (exact) mass is 382 g/mol. The number of benzene rings is 2. The molecule has 1 aromatic heterocycles. The van der Waals surface area contributed by atoms with E-state index in [1.54, 1.807) is 0 Å². The maximum absolute atomic E-state index is 6.18. The van der Waals surface area contributed by atoms with E-state index in [0.717, 1.165) is 18.6 Å². The summed E-state index contributed by atoms with van der Waals surface area (Å²) in [7, 11) is 0. The smallest absolute Gasteiger partial charge is 0.128 e. The predicted molar refractivity (Wildman–Crippen MR) is 117 cm³/mol. The molecule has 1 aliphatic heterocycles. The summed E-state index contributed by atoms with van der Waals surface area (Å²) in [6, 6.07) is 13.4. The molecule has 146 valence electrons. The SMILES string of the molecule is Cc1ccc(C(C2=CCc3c(ccc4c3C=CC(C)(C)O4)C2)n2ccnc2)cc1. The Morgan fingerprint density at radius 3 is 2.69 bits per heavy atom. The molecule has 3 heteroatoms. The van der Waals surface area contributed by atoms with Crippen LogP contribution in [0, 0.1) is 6.92 Å². The zero-order valence-corrected chi connectivity index (χ0v) is 17.2. The number of ether oxygens (including phenoxy) is 1. The Bertz CT molecular complexity index is 1100. The molecule has 2 heterocycles. The van der Waals surface area contributed by atoms with E-state index in [1.165, 1.54) is 33.4 Å². The number of imidazole rings is 1. The summed E-state index contributed by atoms with van der Waals surface area (Å²) < 4.78 is 8.39. The molecule has 3 aromatic rings. The minimum absolute atomic E-state index is 0.174. The van der Waals surface area contributed by atoms with Gasteiger partial charge in [0, 0.05) is 18.0 Å². The van der Waals surface area contributed by atoms with Gasteiger partial charge < -0.3 is 9.30 Å². The molecule has 3 nitrogen and oxygen atoms in total. The van der Waals surface area contributed by atoms with Crippen molar-refractivity contribution in [3.05, 3.63) is 101 Å². The molecular weight excluding hydrogens is 356 g/mol. The van der Waals surface area contributed by atoms with Crippen LogP contribution in [0.1, 0.15) is 47.7 Å². The van der Waals surface area contributed by atoms with Gasteiger partial charge in [-0.3, -0.25) is 0 Å². The van der Waals surface area contributed by atoms with Crippen LogP contribution in [0.3, 0.4) is 0 Å². The second kappa shape index (κ2) is 6.77. The van der Waals surface area contributed by atoms with Gasteiger partial charge in [-0.1, -0.05) is 48.0 Å². The minimum atomic E-state index is -0.241. The van der Waals surface area contributed by atoms with E-state index in [9.17, 15) is 0 Å². The summed E-state index contributed by atoms with van der Waals surface area (Å²) in [6.07, 6.45) is 14.5. The van der Waals surface area contributed by atoms with E-state index in [-0.39, 0.29) is 11.6 Å². The third-order valence-corrected chi connectivity index (χ3v) is 5.97. The molecule has 0 saturated carbocycles. The molecular formula is C26H26N2O. The number of aromatic nitrogens is 2. The summed E-state index contributed by atoms with van der Waals surface area (Å²) >= 11 is 0. The molecule has 0 spiro atoms. The molecule has 2 aliphatic rings. The second-order valence-electron chi connectivity index (χ2n) is 8.64. The van der Waals surface area contributed by atoms with Gasteiger partial charge in [0.25, 0.3) is 0 Å². The van der Waals surface area contributed by atoms with E-state index >= 15 is 0 Å². The summed E-state index contributed by atoms with van der Waals surface area (Å²) in [5, 5.41) is 0. The van der Waals surface area contributed by atoms with Crippen molar-refractivity contribution in [2.75, 3.05) is 0 Å². The summed E-state index contributed by atoms with van der Waals surface area (Å²) in [4.78, 5) is 4.31. The van der Waals surface area contributed by atoms with Gasteiger partial charge >= 0.3 is 0 Å². The number of rotatable bonds is 3. The fourth-order valence-electron chi connectivity index (χ4n) is 4.45. The fraction of sp³-hybridized carbons (Fsp3) is 0.269. The lowest BCUT2D eigenvalue weighted by Gasteiger charge is -2.32. The number of nitrogens with zero attached hydrogens (tertiary/aromatic N) is 2. The molecule has 0 saturated heterocycles. The first-order valence-corrected chi connectivity index (χ1v) is 10.3. The molecule has 1 atom stereocenters. The van der Waals surface area contributed by atoms with Crippen LogP contribution in [0.5, 0.6) is 5.75 Å². The normalized spacial score (nSPS) is 17.7. The lowest BCUT2D eigenvalue weighted by atomic mass is 9.82. The minimum Gasteiger partial charge on any atom is -0.483 e. The van der Waals surface area contributed by atoms with Crippen LogP contribution in [0.15, 0.2) is 72.8 Å². The average molecular weight is 383 g/mol. The van der Waals surface area contributed by atoms with E-state index in [4.69, 9.17) is 4.74 Å². The highest BCUT2D eigenvalue weighted by molar-refractivity contribution is 5.67. The Kier molecular flexibility index (Phi) is 4.20. The van der Waals surface area contributed by atoms with E-state index < -0.39 is 0 Å². The van der Waals surface area contributed by atoms with Gasteiger partial charge in [-0.15, -0.1) is 0 Å². The van der Waals surface area contributed by atoms with Crippen LogP contribution in [0.2, 0.25) is 0 Å². The quantitative estimate of drug-likeness (QED) is 0.544. The van der Waals surface area contributed by atoms with Crippen LogP contribution < -0.4 is 4.74 Å². The molecule has 0 radical (unpaired) electrons. The molecule has 0 amide bonds. The van der Waals surface area contributed by atoms with Gasteiger partial charge in [0.15, 0.2) is 0 Å². The first kappa shape index (κ1) is 18.0. The Morgan fingerprint density at radius 2 is 1.93 bits per heavy atom. The highest BCUT2D eigenvalue weighted by Crippen LogP contribution is 2.39. The Balaban J connectivity index is 1.53. The predicted octanol–water partition coefficient (Wildman–Crippen LogP) is 5.69. The zero-order valence-electron chi connectivity index (χ0n) is 17.2. The molecule has 1 aliphatic carbocycles. The molecule has 5 rings (SSSR count). The van der Waals surface area contributed by atoms with Crippen LogP contribution in [-0.4, -0.2) is 15.2 Å². The van der Waals surface area contributed by atoms with Crippen LogP contribution >= 0.6 is 0 Å².